The number of ether oxygens (including phenoxy) is 3. The van der Waals surface area contributed by atoms with Gasteiger partial charge in [-0.05, 0) is 68.1 Å². The van der Waals surface area contributed by atoms with Crippen LogP contribution in [-0.4, -0.2) is 36.0 Å². The number of ketones is 1. The summed E-state index contributed by atoms with van der Waals surface area (Å²) in [6.07, 6.45) is 5.58. The van der Waals surface area contributed by atoms with E-state index in [1.54, 1.807) is 31.2 Å². The molecule has 2 aromatic rings. The van der Waals surface area contributed by atoms with Crippen molar-refractivity contribution in [3.05, 3.63) is 53.6 Å². The summed E-state index contributed by atoms with van der Waals surface area (Å²) in [7, 11) is 0. The van der Waals surface area contributed by atoms with Gasteiger partial charge in [-0.3, -0.25) is 9.59 Å². The van der Waals surface area contributed by atoms with E-state index in [4.69, 9.17) is 14.2 Å². The highest BCUT2D eigenvalue weighted by atomic mass is 16.7. The lowest BCUT2D eigenvalue weighted by atomic mass is 10.1. The molecule has 0 N–H and O–H groups in total. The standard InChI is InChI=1S/C25H29NO5/c1-18(27)20-9-11-22(12-10-20)29-14-4-7-25(28)26(21-5-2-3-6-21)16-19-8-13-23-24(15-19)31-17-30-23/h8-13,15,21H,2-7,14,16-17H2,1H3. The first-order valence-electron chi connectivity index (χ1n) is 11.0. The maximum absolute atomic E-state index is 13.1. The van der Waals surface area contributed by atoms with Crippen molar-refractivity contribution in [3.63, 3.8) is 0 Å². The van der Waals surface area contributed by atoms with Gasteiger partial charge in [0.1, 0.15) is 5.75 Å². The van der Waals surface area contributed by atoms with Crippen molar-refractivity contribution in [2.24, 2.45) is 0 Å². The first-order chi connectivity index (χ1) is 15.1. The van der Waals surface area contributed by atoms with Gasteiger partial charge in [-0.25, -0.2) is 0 Å². The lowest BCUT2D eigenvalue weighted by Crippen LogP contribution is -2.38. The molecule has 1 fully saturated rings. The Bertz CT molecular complexity index is 918. The van der Waals surface area contributed by atoms with E-state index in [1.807, 2.05) is 23.1 Å². The van der Waals surface area contributed by atoms with Gasteiger partial charge in [0.05, 0.1) is 6.61 Å². The van der Waals surface area contributed by atoms with Gasteiger partial charge in [-0.15, -0.1) is 0 Å². The molecule has 0 bridgehead atoms. The number of amides is 1. The number of Topliss-reactive ketones (excluding diaryl/α,β-unsaturated/α-hetero) is 1. The largest absolute Gasteiger partial charge is 0.494 e. The summed E-state index contributed by atoms with van der Waals surface area (Å²) in [6, 6.07) is 13.3. The number of benzene rings is 2. The van der Waals surface area contributed by atoms with Crippen LogP contribution in [0.3, 0.4) is 0 Å². The topological polar surface area (TPSA) is 65.1 Å². The summed E-state index contributed by atoms with van der Waals surface area (Å²) in [6.45, 7) is 2.85. The van der Waals surface area contributed by atoms with Crippen molar-refractivity contribution in [3.8, 4) is 17.2 Å². The van der Waals surface area contributed by atoms with Crippen LogP contribution in [0.2, 0.25) is 0 Å². The first-order valence-corrected chi connectivity index (χ1v) is 11.0. The smallest absolute Gasteiger partial charge is 0.231 e. The number of fused-ring (bicyclic) bond motifs is 1. The van der Waals surface area contributed by atoms with E-state index >= 15 is 0 Å². The first kappa shape index (κ1) is 21.2. The lowest BCUT2D eigenvalue weighted by Gasteiger charge is -2.29. The molecule has 0 atom stereocenters. The molecule has 0 aromatic heterocycles. The Hall–Kier alpha value is -3.02. The highest BCUT2D eigenvalue weighted by Gasteiger charge is 2.27. The van der Waals surface area contributed by atoms with Crippen LogP contribution < -0.4 is 14.2 Å². The molecule has 164 valence electrons. The van der Waals surface area contributed by atoms with Crippen LogP contribution in [0, 0.1) is 0 Å². The zero-order chi connectivity index (χ0) is 21.6. The lowest BCUT2D eigenvalue weighted by molar-refractivity contribution is -0.134. The zero-order valence-electron chi connectivity index (χ0n) is 18.0. The third-order valence-corrected chi connectivity index (χ3v) is 5.94. The molecule has 0 spiro atoms. The molecule has 2 aromatic carbocycles. The number of hydrogen-bond acceptors (Lipinski definition) is 5. The van der Waals surface area contributed by atoms with Gasteiger partial charge in [0.15, 0.2) is 17.3 Å². The molecule has 4 rings (SSSR count). The van der Waals surface area contributed by atoms with Crippen molar-refractivity contribution in [2.45, 2.75) is 58.0 Å². The number of carbonyl (C=O) groups excluding carboxylic acids is 2. The molecule has 0 radical (unpaired) electrons. The molecule has 1 aliphatic heterocycles. The second-order valence-corrected chi connectivity index (χ2v) is 8.18. The molecule has 1 aliphatic carbocycles. The third-order valence-electron chi connectivity index (χ3n) is 5.94. The Morgan fingerprint density at radius 2 is 1.77 bits per heavy atom. The van der Waals surface area contributed by atoms with E-state index in [1.165, 1.54) is 12.8 Å². The van der Waals surface area contributed by atoms with Gasteiger partial charge in [0.25, 0.3) is 0 Å². The fraction of sp³-hybridized carbons (Fsp3) is 0.440. The van der Waals surface area contributed by atoms with Gasteiger partial charge in [-0.2, -0.15) is 0 Å². The molecular weight excluding hydrogens is 394 g/mol. The minimum absolute atomic E-state index is 0.0339. The molecule has 1 saturated carbocycles. The molecule has 1 amide bonds. The highest BCUT2D eigenvalue weighted by Crippen LogP contribution is 2.34. The third kappa shape index (κ3) is 5.37. The number of hydrogen-bond donors (Lipinski definition) is 0. The number of nitrogens with zero attached hydrogens (tertiary/aromatic N) is 1. The number of rotatable bonds is 9. The van der Waals surface area contributed by atoms with Gasteiger partial charge in [-0.1, -0.05) is 18.9 Å². The van der Waals surface area contributed by atoms with Crippen LogP contribution in [0.1, 0.15) is 61.4 Å². The Morgan fingerprint density at radius 3 is 2.52 bits per heavy atom. The molecule has 0 saturated heterocycles. The Balaban J connectivity index is 1.31. The van der Waals surface area contributed by atoms with E-state index in [9.17, 15) is 9.59 Å². The Labute approximate surface area is 183 Å². The predicted octanol–water partition coefficient (Wildman–Crippen LogP) is 4.75. The molecule has 0 unspecified atom stereocenters. The average molecular weight is 424 g/mol. The maximum atomic E-state index is 13.1. The second kappa shape index (κ2) is 9.86. The van der Waals surface area contributed by atoms with Crippen molar-refractivity contribution >= 4 is 11.7 Å². The van der Waals surface area contributed by atoms with Gasteiger partial charge < -0.3 is 19.1 Å². The van der Waals surface area contributed by atoms with Crippen molar-refractivity contribution in [1.82, 2.24) is 4.90 Å². The molecular formula is C25H29NO5. The summed E-state index contributed by atoms with van der Waals surface area (Å²) in [5, 5.41) is 0. The minimum Gasteiger partial charge on any atom is -0.494 e. The van der Waals surface area contributed by atoms with Crippen LogP contribution in [0.5, 0.6) is 17.2 Å². The zero-order valence-corrected chi connectivity index (χ0v) is 18.0. The summed E-state index contributed by atoms with van der Waals surface area (Å²) >= 11 is 0. The number of carbonyl (C=O) groups is 2. The van der Waals surface area contributed by atoms with Crippen LogP contribution >= 0.6 is 0 Å². The fourth-order valence-electron chi connectivity index (χ4n) is 4.22. The van der Waals surface area contributed by atoms with Crippen LogP contribution in [0.15, 0.2) is 42.5 Å². The Kier molecular flexibility index (Phi) is 6.75. The molecule has 2 aliphatic rings. The monoisotopic (exact) mass is 423 g/mol. The SMILES string of the molecule is CC(=O)c1ccc(OCCCC(=O)N(Cc2ccc3c(c2)OCO3)C2CCCC2)cc1. The van der Waals surface area contributed by atoms with Gasteiger partial charge in [0.2, 0.25) is 12.7 Å². The summed E-state index contributed by atoms with van der Waals surface area (Å²) in [4.78, 5) is 26.5. The molecule has 1 heterocycles. The normalized spacial score (nSPS) is 15.1. The summed E-state index contributed by atoms with van der Waals surface area (Å²) in [5.41, 5.74) is 1.73. The highest BCUT2D eigenvalue weighted by molar-refractivity contribution is 5.94. The van der Waals surface area contributed by atoms with E-state index in [-0.39, 0.29) is 18.5 Å². The van der Waals surface area contributed by atoms with Crippen molar-refractivity contribution in [1.29, 1.82) is 0 Å². The van der Waals surface area contributed by atoms with Gasteiger partial charge in [0, 0.05) is 24.6 Å². The predicted molar refractivity (Wildman–Crippen MR) is 117 cm³/mol. The average Bonchev–Trinajstić information content (AvgIpc) is 3.47. The van der Waals surface area contributed by atoms with Crippen LogP contribution in [-0.2, 0) is 11.3 Å². The van der Waals surface area contributed by atoms with E-state index in [2.05, 4.69) is 0 Å². The fourth-order valence-corrected chi connectivity index (χ4v) is 4.22. The van der Waals surface area contributed by atoms with Crippen LogP contribution in [0.4, 0.5) is 0 Å². The van der Waals surface area contributed by atoms with Crippen LogP contribution in [0.25, 0.3) is 0 Å². The maximum Gasteiger partial charge on any atom is 0.231 e. The second-order valence-electron chi connectivity index (χ2n) is 8.18. The van der Waals surface area contributed by atoms with Crippen molar-refractivity contribution < 1.29 is 23.8 Å². The molecule has 31 heavy (non-hydrogen) atoms. The van der Waals surface area contributed by atoms with Crippen molar-refractivity contribution in [2.75, 3.05) is 13.4 Å². The molecule has 6 heteroatoms. The van der Waals surface area contributed by atoms with E-state index in [0.717, 1.165) is 29.9 Å². The quantitative estimate of drug-likeness (QED) is 0.430. The van der Waals surface area contributed by atoms with E-state index < -0.39 is 0 Å². The van der Waals surface area contributed by atoms with E-state index in [0.29, 0.717) is 43.3 Å². The molecule has 6 nitrogen and oxygen atoms in total. The Morgan fingerprint density at radius 1 is 1.03 bits per heavy atom. The summed E-state index contributed by atoms with van der Waals surface area (Å²) in [5.74, 6) is 2.42. The minimum atomic E-state index is 0.0339. The summed E-state index contributed by atoms with van der Waals surface area (Å²) < 4.78 is 16.6. The van der Waals surface area contributed by atoms with Gasteiger partial charge >= 0.3 is 0 Å².